The Morgan fingerprint density at radius 1 is 1.18 bits per heavy atom. The van der Waals surface area contributed by atoms with Gasteiger partial charge < -0.3 is 4.74 Å². The molecule has 0 amide bonds. The molecule has 0 saturated heterocycles. The van der Waals surface area contributed by atoms with Crippen LogP contribution in [0.5, 0.6) is 0 Å². The number of rotatable bonds is 3. The smallest absolute Gasteiger partial charge is 0.375 e. The minimum Gasteiger partial charge on any atom is -0.460 e. The molecule has 0 aromatic rings. The average Bonchev–Trinajstić information content (AvgIpc) is 2.75. The van der Waals surface area contributed by atoms with E-state index in [0.717, 1.165) is 37.0 Å². The van der Waals surface area contributed by atoms with Crippen molar-refractivity contribution >= 4 is 11.8 Å². The zero-order valence-electron chi connectivity index (χ0n) is 10.2. The van der Waals surface area contributed by atoms with E-state index in [9.17, 15) is 9.59 Å². The first kappa shape index (κ1) is 10.1. The first-order valence-corrected chi connectivity index (χ1v) is 6.84. The lowest BCUT2D eigenvalue weighted by Crippen LogP contribution is -2.59. The third-order valence-electron chi connectivity index (χ3n) is 6.28. The zero-order valence-corrected chi connectivity index (χ0v) is 10.2. The van der Waals surface area contributed by atoms with Crippen molar-refractivity contribution in [2.24, 2.45) is 28.6 Å². The highest BCUT2D eigenvalue weighted by atomic mass is 16.5. The zero-order chi connectivity index (χ0) is 11.8. The average molecular weight is 234 g/mol. The second kappa shape index (κ2) is 2.76. The van der Waals surface area contributed by atoms with Gasteiger partial charge in [0, 0.05) is 5.41 Å². The predicted molar refractivity (Wildman–Crippen MR) is 60.1 cm³/mol. The van der Waals surface area contributed by atoms with Crippen LogP contribution in [0.3, 0.4) is 0 Å². The highest BCUT2D eigenvalue weighted by molar-refractivity contribution is 6.36. The SMILES string of the molecule is CCOC(=O)C(=O)C12CC3CC4CC(C1)C43C2. The monoisotopic (exact) mass is 234 g/mol. The van der Waals surface area contributed by atoms with Gasteiger partial charge in [0.05, 0.1) is 6.61 Å². The van der Waals surface area contributed by atoms with Gasteiger partial charge in [0.1, 0.15) is 0 Å². The number of ether oxygens (including phenoxy) is 1. The van der Waals surface area contributed by atoms with Crippen LogP contribution >= 0.6 is 0 Å². The van der Waals surface area contributed by atoms with Crippen molar-refractivity contribution in [3.05, 3.63) is 0 Å². The van der Waals surface area contributed by atoms with Gasteiger partial charge in [-0.05, 0) is 62.2 Å². The Balaban J connectivity index is 1.63. The summed E-state index contributed by atoms with van der Waals surface area (Å²) in [6.45, 7) is 2.07. The molecule has 4 aliphatic rings. The number of ketones is 1. The molecular formula is C14H18O3. The molecular weight excluding hydrogens is 216 g/mol. The van der Waals surface area contributed by atoms with Crippen molar-refractivity contribution in [1.82, 2.24) is 0 Å². The van der Waals surface area contributed by atoms with Crippen LogP contribution in [0, 0.1) is 28.6 Å². The minimum atomic E-state index is -0.581. The van der Waals surface area contributed by atoms with Gasteiger partial charge in [0.25, 0.3) is 0 Å². The Morgan fingerprint density at radius 3 is 2.29 bits per heavy atom. The van der Waals surface area contributed by atoms with Gasteiger partial charge in [-0.2, -0.15) is 0 Å². The van der Waals surface area contributed by atoms with E-state index in [-0.39, 0.29) is 11.2 Å². The lowest BCUT2D eigenvalue weighted by molar-refractivity contribution is -0.179. The fourth-order valence-electron chi connectivity index (χ4n) is 5.76. The predicted octanol–water partition coefficient (Wildman–Crippen LogP) is 1.94. The maximum absolute atomic E-state index is 12.3. The number of Topliss-reactive ketones (excluding diaryl/α,β-unsaturated/α-hetero) is 1. The van der Waals surface area contributed by atoms with Crippen LogP contribution in [-0.2, 0) is 14.3 Å². The number of hydrogen-bond acceptors (Lipinski definition) is 3. The summed E-state index contributed by atoms with van der Waals surface area (Å²) in [6, 6.07) is 0. The second-order valence-electron chi connectivity index (χ2n) is 6.59. The molecule has 0 heterocycles. The van der Waals surface area contributed by atoms with Crippen LogP contribution in [0.1, 0.15) is 39.0 Å². The molecule has 0 N–H and O–H groups in total. The van der Waals surface area contributed by atoms with Crippen LogP contribution in [0.4, 0.5) is 0 Å². The van der Waals surface area contributed by atoms with Crippen LogP contribution in [0.2, 0.25) is 0 Å². The fraction of sp³-hybridized carbons (Fsp3) is 0.857. The molecule has 2 unspecified atom stereocenters. The number of carbonyl (C=O) groups is 2. The lowest BCUT2D eigenvalue weighted by atomic mass is 9.38. The van der Waals surface area contributed by atoms with E-state index < -0.39 is 5.97 Å². The van der Waals surface area contributed by atoms with Crippen molar-refractivity contribution < 1.29 is 14.3 Å². The molecule has 0 radical (unpaired) electrons. The van der Waals surface area contributed by atoms with E-state index in [4.69, 9.17) is 4.74 Å². The van der Waals surface area contributed by atoms with Crippen molar-refractivity contribution in [2.75, 3.05) is 6.61 Å². The Labute approximate surface area is 101 Å². The van der Waals surface area contributed by atoms with E-state index in [1.54, 1.807) is 6.92 Å². The topological polar surface area (TPSA) is 43.4 Å². The van der Waals surface area contributed by atoms with Gasteiger partial charge >= 0.3 is 5.97 Å². The number of carbonyl (C=O) groups excluding carboxylic acids is 2. The summed E-state index contributed by atoms with van der Waals surface area (Å²) in [6.07, 6.45) is 5.57. The van der Waals surface area contributed by atoms with E-state index in [1.807, 2.05) is 0 Å². The van der Waals surface area contributed by atoms with Gasteiger partial charge in [0.15, 0.2) is 0 Å². The van der Waals surface area contributed by atoms with E-state index in [0.29, 0.717) is 12.0 Å². The molecule has 4 fully saturated rings. The van der Waals surface area contributed by atoms with Crippen LogP contribution in [-0.4, -0.2) is 18.4 Å². The fourth-order valence-corrected chi connectivity index (χ4v) is 5.76. The Kier molecular flexibility index (Phi) is 1.64. The summed E-state index contributed by atoms with van der Waals surface area (Å²) < 4.78 is 4.91. The molecule has 0 aromatic heterocycles. The molecule has 92 valence electrons. The molecule has 2 bridgehead atoms. The number of hydrogen-bond donors (Lipinski definition) is 0. The molecule has 4 aliphatic carbocycles. The Morgan fingerprint density at radius 2 is 1.82 bits per heavy atom. The van der Waals surface area contributed by atoms with Crippen LogP contribution in [0.25, 0.3) is 0 Å². The molecule has 3 heteroatoms. The first-order valence-electron chi connectivity index (χ1n) is 6.84. The van der Waals surface area contributed by atoms with E-state index in [1.165, 1.54) is 12.8 Å². The summed E-state index contributed by atoms with van der Waals surface area (Å²) >= 11 is 0. The maximum atomic E-state index is 12.3. The van der Waals surface area contributed by atoms with Gasteiger partial charge in [-0.25, -0.2) is 4.79 Å². The maximum Gasteiger partial charge on any atom is 0.375 e. The summed E-state index contributed by atoms with van der Waals surface area (Å²) in [5, 5.41) is 0. The van der Waals surface area contributed by atoms with Crippen LogP contribution in [0.15, 0.2) is 0 Å². The molecule has 17 heavy (non-hydrogen) atoms. The third-order valence-corrected chi connectivity index (χ3v) is 6.28. The van der Waals surface area contributed by atoms with E-state index in [2.05, 4.69) is 0 Å². The van der Waals surface area contributed by atoms with Crippen molar-refractivity contribution in [2.45, 2.75) is 39.0 Å². The molecule has 2 atom stereocenters. The Hall–Kier alpha value is -0.860. The summed E-state index contributed by atoms with van der Waals surface area (Å²) in [5.74, 6) is 1.59. The van der Waals surface area contributed by atoms with Gasteiger partial charge in [-0.15, -0.1) is 0 Å². The second-order valence-corrected chi connectivity index (χ2v) is 6.59. The summed E-state index contributed by atoms with van der Waals surface area (Å²) in [5.41, 5.74) is 0.189. The van der Waals surface area contributed by atoms with Crippen molar-refractivity contribution in [1.29, 1.82) is 0 Å². The molecule has 4 saturated carbocycles. The normalized spacial score (nSPS) is 52.4. The lowest BCUT2D eigenvalue weighted by Gasteiger charge is -2.66. The van der Waals surface area contributed by atoms with Gasteiger partial charge in [-0.3, -0.25) is 4.79 Å². The van der Waals surface area contributed by atoms with Gasteiger partial charge in [-0.1, -0.05) is 0 Å². The minimum absolute atomic E-state index is 0.212. The van der Waals surface area contributed by atoms with Gasteiger partial charge in [0.2, 0.25) is 5.78 Å². The van der Waals surface area contributed by atoms with Crippen molar-refractivity contribution in [3.8, 4) is 0 Å². The standard InChI is InChI=1S/C14H18O3/c1-2-17-12(16)11(15)13-5-9-3-8-4-10(6-13)14(8,9)7-13/h8-10H,2-7H2,1H3. The van der Waals surface area contributed by atoms with E-state index >= 15 is 0 Å². The van der Waals surface area contributed by atoms with Crippen LogP contribution < -0.4 is 0 Å². The highest BCUT2D eigenvalue weighted by Crippen LogP contribution is 2.84. The largest absolute Gasteiger partial charge is 0.460 e. The van der Waals surface area contributed by atoms with Crippen molar-refractivity contribution in [3.63, 3.8) is 0 Å². The molecule has 0 aromatic carbocycles. The summed E-state index contributed by atoms with van der Waals surface area (Å²) in [4.78, 5) is 24.0. The highest BCUT2D eigenvalue weighted by Gasteiger charge is 2.79. The molecule has 4 rings (SSSR count). The quantitative estimate of drug-likeness (QED) is 0.553. The summed E-state index contributed by atoms with van der Waals surface area (Å²) in [7, 11) is 0. The molecule has 1 spiro atoms. The third kappa shape index (κ3) is 0.892. The first-order chi connectivity index (χ1) is 8.12. The molecule has 0 aliphatic heterocycles. The number of fused-ring (bicyclic) bond motifs is 1. The number of esters is 1. The Bertz CT molecular complexity index is 409. The molecule has 3 nitrogen and oxygen atoms in total.